The number of amides is 1. The molecule has 7 nitrogen and oxygen atoms in total. The number of thiophene rings is 1. The van der Waals surface area contributed by atoms with Gasteiger partial charge in [0.05, 0.1) is 22.9 Å². The standard InChI is InChI=1S/C35H47N3O4S/c1-24-7-9-25(10-8-24)33(39)38(30-21-29(15-17-35(2,3)4)43-32(30)34(40)41)27-11-13-28(14-12-27)42-31-22-36-18-16-26(31)23-37-19-5-6-20-37/h16,18,21-22,24-25,27-28H,5-14,19-20,23H2,1-4H3,(H,40,41)/t24?,25?,27-,28-. The molecule has 2 aromatic rings. The maximum atomic E-state index is 14.2. The number of carbonyl (C=O) groups excluding carboxylic acids is 1. The molecule has 5 rings (SSSR count). The van der Waals surface area contributed by atoms with Gasteiger partial charge in [-0.15, -0.1) is 11.3 Å². The Balaban J connectivity index is 1.36. The number of aromatic carboxylic acids is 1. The summed E-state index contributed by atoms with van der Waals surface area (Å²) in [5, 5.41) is 10.2. The summed E-state index contributed by atoms with van der Waals surface area (Å²) < 4.78 is 6.55. The van der Waals surface area contributed by atoms with Gasteiger partial charge in [-0.25, -0.2) is 4.79 Å². The lowest BCUT2D eigenvalue weighted by Crippen LogP contribution is -2.47. The highest BCUT2D eigenvalue weighted by Crippen LogP contribution is 2.39. The van der Waals surface area contributed by atoms with Gasteiger partial charge >= 0.3 is 5.97 Å². The average molecular weight is 606 g/mol. The van der Waals surface area contributed by atoms with Gasteiger partial charge < -0.3 is 14.7 Å². The van der Waals surface area contributed by atoms with Crippen molar-refractivity contribution in [3.8, 4) is 17.6 Å². The van der Waals surface area contributed by atoms with E-state index in [1.54, 1.807) is 0 Å². The van der Waals surface area contributed by atoms with Gasteiger partial charge in [0.2, 0.25) is 5.91 Å². The number of hydrogen-bond acceptors (Lipinski definition) is 6. The quantitative estimate of drug-likeness (QED) is 0.316. The zero-order chi connectivity index (χ0) is 30.6. The van der Waals surface area contributed by atoms with E-state index in [9.17, 15) is 14.7 Å². The Morgan fingerprint density at radius 3 is 2.44 bits per heavy atom. The van der Waals surface area contributed by atoms with E-state index in [1.807, 2.05) is 44.1 Å². The van der Waals surface area contributed by atoms with Crippen molar-refractivity contribution >= 4 is 28.9 Å². The van der Waals surface area contributed by atoms with Crippen molar-refractivity contribution in [1.82, 2.24) is 9.88 Å². The van der Waals surface area contributed by atoms with Crippen LogP contribution >= 0.6 is 11.3 Å². The molecule has 0 aromatic carbocycles. The predicted molar refractivity (Wildman–Crippen MR) is 172 cm³/mol. The van der Waals surface area contributed by atoms with Crippen LogP contribution in [0.25, 0.3) is 0 Å². The minimum Gasteiger partial charge on any atom is -0.488 e. The third-order valence-electron chi connectivity index (χ3n) is 9.09. The van der Waals surface area contributed by atoms with Gasteiger partial charge in [-0.1, -0.05) is 18.8 Å². The van der Waals surface area contributed by atoms with Crippen LogP contribution in [0.3, 0.4) is 0 Å². The van der Waals surface area contributed by atoms with E-state index in [1.165, 1.54) is 29.7 Å². The number of aromatic nitrogens is 1. The van der Waals surface area contributed by atoms with Gasteiger partial charge in [0, 0.05) is 35.7 Å². The van der Waals surface area contributed by atoms with Crippen LogP contribution in [0.1, 0.15) is 112 Å². The van der Waals surface area contributed by atoms with Crippen molar-refractivity contribution in [1.29, 1.82) is 0 Å². The number of carbonyl (C=O) groups is 2. The van der Waals surface area contributed by atoms with Gasteiger partial charge in [0.25, 0.3) is 0 Å². The normalized spacial score (nSPS) is 24.7. The first-order chi connectivity index (χ1) is 20.6. The molecule has 1 aliphatic heterocycles. The molecule has 3 fully saturated rings. The first-order valence-corrected chi connectivity index (χ1v) is 16.9. The largest absolute Gasteiger partial charge is 0.488 e. The number of rotatable bonds is 8. The van der Waals surface area contributed by atoms with Crippen LogP contribution in [0.5, 0.6) is 5.75 Å². The Kier molecular flexibility index (Phi) is 10.1. The van der Waals surface area contributed by atoms with E-state index in [4.69, 9.17) is 4.74 Å². The molecule has 2 aliphatic carbocycles. The summed E-state index contributed by atoms with van der Waals surface area (Å²) in [6, 6.07) is 3.84. The zero-order valence-electron chi connectivity index (χ0n) is 26.2. The summed E-state index contributed by atoms with van der Waals surface area (Å²) in [5.41, 5.74) is 1.49. The Labute approximate surface area is 261 Å². The summed E-state index contributed by atoms with van der Waals surface area (Å²) in [6.45, 7) is 11.5. The molecule has 0 unspecified atom stereocenters. The fourth-order valence-corrected chi connectivity index (χ4v) is 7.49. The number of pyridine rings is 1. The Bertz CT molecular complexity index is 1330. The van der Waals surface area contributed by atoms with Crippen LogP contribution in [0, 0.1) is 29.1 Å². The van der Waals surface area contributed by atoms with Crippen LogP contribution in [0.4, 0.5) is 5.69 Å². The smallest absolute Gasteiger partial charge is 0.348 e. The highest BCUT2D eigenvalue weighted by molar-refractivity contribution is 7.15. The summed E-state index contributed by atoms with van der Waals surface area (Å²) in [4.78, 5) is 36.3. The lowest BCUT2D eigenvalue weighted by Gasteiger charge is -2.39. The van der Waals surface area contributed by atoms with Crippen LogP contribution < -0.4 is 9.64 Å². The fraction of sp³-hybridized carbons (Fsp3) is 0.629. The van der Waals surface area contributed by atoms with E-state index < -0.39 is 5.97 Å². The topological polar surface area (TPSA) is 83.0 Å². The Morgan fingerprint density at radius 1 is 1.09 bits per heavy atom. The molecule has 0 spiro atoms. The van der Waals surface area contributed by atoms with Gasteiger partial charge in [-0.3, -0.25) is 14.7 Å². The maximum absolute atomic E-state index is 14.2. The van der Waals surface area contributed by atoms with Crippen LogP contribution in [0.2, 0.25) is 0 Å². The van der Waals surface area contributed by atoms with Crippen LogP contribution in [-0.4, -0.2) is 52.1 Å². The molecule has 1 saturated heterocycles. The molecule has 0 radical (unpaired) electrons. The molecule has 8 heteroatoms. The van der Waals surface area contributed by atoms with E-state index in [0.29, 0.717) is 16.5 Å². The third-order valence-corrected chi connectivity index (χ3v) is 10.1. The zero-order valence-corrected chi connectivity index (χ0v) is 27.0. The summed E-state index contributed by atoms with van der Waals surface area (Å²) in [7, 11) is 0. The van der Waals surface area contributed by atoms with Crippen molar-refractivity contribution in [2.24, 2.45) is 17.3 Å². The molecular formula is C35H47N3O4S. The molecule has 1 N–H and O–H groups in total. The molecule has 2 aromatic heterocycles. The number of carboxylic acids is 1. The number of hydrogen-bond donors (Lipinski definition) is 1. The summed E-state index contributed by atoms with van der Waals surface area (Å²) >= 11 is 1.18. The highest BCUT2D eigenvalue weighted by atomic mass is 32.1. The third kappa shape index (κ3) is 8.19. The average Bonchev–Trinajstić information content (AvgIpc) is 3.64. The van der Waals surface area contributed by atoms with Crippen molar-refractivity contribution in [3.63, 3.8) is 0 Å². The summed E-state index contributed by atoms with van der Waals surface area (Å²) in [5.74, 6) is 6.90. The molecule has 232 valence electrons. The molecule has 3 heterocycles. The minimum atomic E-state index is -1.00. The molecule has 43 heavy (non-hydrogen) atoms. The second-order valence-corrected chi connectivity index (χ2v) is 14.9. The lowest BCUT2D eigenvalue weighted by molar-refractivity contribution is -0.124. The van der Waals surface area contributed by atoms with E-state index in [2.05, 4.69) is 34.7 Å². The monoisotopic (exact) mass is 605 g/mol. The lowest BCUT2D eigenvalue weighted by atomic mass is 9.81. The summed E-state index contributed by atoms with van der Waals surface area (Å²) in [6.07, 6.45) is 13.1. The second kappa shape index (κ2) is 13.8. The van der Waals surface area contributed by atoms with E-state index in [-0.39, 0.29) is 34.3 Å². The first-order valence-electron chi connectivity index (χ1n) is 16.1. The van der Waals surface area contributed by atoms with Crippen molar-refractivity contribution in [3.05, 3.63) is 39.8 Å². The van der Waals surface area contributed by atoms with Gasteiger partial charge in [-0.2, -0.15) is 0 Å². The molecular weight excluding hydrogens is 558 g/mol. The van der Waals surface area contributed by atoms with Crippen LogP contribution in [-0.2, 0) is 11.3 Å². The maximum Gasteiger partial charge on any atom is 0.348 e. The number of nitrogens with zero attached hydrogens (tertiary/aromatic N) is 3. The van der Waals surface area contributed by atoms with Gasteiger partial charge in [0.1, 0.15) is 10.6 Å². The fourth-order valence-electron chi connectivity index (χ4n) is 6.65. The van der Waals surface area contributed by atoms with E-state index >= 15 is 0 Å². The number of anilines is 1. The number of likely N-dealkylation sites (tertiary alicyclic amines) is 1. The second-order valence-electron chi connectivity index (χ2n) is 13.8. The SMILES string of the molecule is CC1CCC(C(=O)N(c2cc(C#CC(C)(C)C)sc2C(=O)O)[C@H]2CC[C@H](Oc3cnccc3CN3CCCC3)CC2)CC1. The number of ether oxygens (including phenoxy) is 1. The van der Waals surface area contributed by atoms with Gasteiger partial charge in [0.15, 0.2) is 0 Å². The predicted octanol–water partition coefficient (Wildman–Crippen LogP) is 7.38. The van der Waals surface area contributed by atoms with Gasteiger partial charge in [-0.05, 0) is 116 Å². The molecule has 0 atom stereocenters. The van der Waals surface area contributed by atoms with E-state index in [0.717, 1.165) is 76.8 Å². The number of carboxylic acid groups (broad SMARTS) is 1. The molecule has 2 saturated carbocycles. The molecule has 0 bridgehead atoms. The Morgan fingerprint density at radius 2 is 1.79 bits per heavy atom. The Hall–Kier alpha value is -2.89. The van der Waals surface area contributed by atoms with Crippen LogP contribution in [0.15, 0.2) is 24.5 Å². The first kappa shape index (κ1) is 31.5. The van der Waals surface area contributed by atoms with Crippen molar-refractivity contribution in [2.45, 2.75) is 111 Å². The van der Waals surface area contributed by atoms with Crippen molar-refractivity contribution < 1.29 is 19.4 Å². The molecule has 3 aliphatic rings. The highest BCUT2D eigenvalue weighted by Gasteiger charge is 2.38. The molecule has 1 amide bonds. The van der Waals surface area contributed by atoms with Crippen molar-refractivity contribution in [2.75, 3.05) is 18.0 Å². The minimum absolute atomic E-state index is 0.0416.